The summed E-state index contributed by atoms with van der Waals surface area (Å²) < 4.78 is 0. The summed E-state index contributed by atoms with van der Waals surface area (Å²) in [7, 11) is 0. The Kier molecular flexibility index (Phi) is 1.32. The maximum Gasteiger partial charge on any atom is 0.255 e. The Hall–Kier alpha value is -1.25. The molecule has 39 valence electrons. The van der Waals surface area contributed by atoms with Crippen LogP contribution in [-0.2, 0) is 4.79 Å². The molecule has 1 heterocycles. The smallest absolute Gasteiger partial charge is 0.255 e. The first-order valence-electron chi connectivity index (χ1n) is 2.09. The quantitative estimate of drug-likeness (QED) is 0.504. The zero-order valence-corrected chi connectivity index (χ0v) is 4.03. The van der Waals surface area contributed by atoms with E-state index in [1.807, 2.05) is 0 Å². The van der Waals surface area contributed by atoms with Gasteiger partial charge >= 0.3 is 0 Å². The molecule has 0 atom stereocenters. The summed E-state index contributed by atoms with van der Waals surface area (Å²) in [6.07, 6.45) is 3.10. The summed E-state index contributed by atoms with van der Waals surface area (Å²) in [6, 6.07) is 3.17. The molecule has 0 bridgehead atoms. The molecule has 1 aromatic rings. The van der Waals surface area contributed by atoms with Crippen LogP contribution >= 0.6 is 0 Å². The van der Waals surface area contributed by atoms with Crippen molar-refractivity contribution in [2.75, 3.05) is 0 Å². The van der Waals surface area contributed by atoms with E-state index < -0.39 is 0 Å². The molecule has 8 heavy (non-hydrogen) atoms. The zero-order chi connectivity index (χ0) is 5.82. The maximum atomic E-state index is 9.78. The Morgan fingerprint density at radius 2 is 2.50 bits per heavy atom. The predicted octanol–water partition coefficient (Wildman–Crippen LogP) is -0.0656. The van der Waals surface area contributed by atoms with Gasteiger partial charge in [0.25, 0.3) is 6.29 Å². The van der Waals surface area contributed by atoms with Crippen LogP contribution in [0.25, 0.3) is 0 Å². The van der Waals surface area contributed by atoms with E-state index in [1.54, 1.807) is 18.4 Å². The fourth-order valence-electron chi connectivity index (χ4n) is 0.356. The Morgan fingerprint density at radius 1 is 1.62 bits per heavy atom. The SMILES string of the molecule is O=[C]c1cccnn1. The van der Waals surface area contributed by atoms with Crippen LogP contribution in [-0.4, -0.2) is 16.5 Å². The largest absolute Gasteiger partial charge is 0.283 e. The van der Waals surface area contributed by atoms with Crippen molar-refractivity contribution in [2.24, 2.45) is 0 Å². The molecule has 0 fully saturated rings. The Bertz CT molecular complexity index is 173. The molecule has 0 aromatic carbocycles. The van der Waals surface area contributed by atoms with Crippen LogP contribution in [0.4, 0.5) is 0 Å². The highest BCUT2D eigenvalue weighted by molar-refractivity contribution is 5.71. The molecule has 0 unspecified atom stereocenters. The van der Waals surface area contributed by atoms with Gasteiger partial charge in [0.15, 0.2) is 0 Å². The third kappa shape index (κ3) is 0.872. The van der Waals surface area contributed by atoms with Crippen molar-refractivity contribution in [3.05, 3.63) is 24.0 Å². The minimum atomic E-state index is 0.243. The summed E-state index contributed by atoms with van der Waals surface area (Å²) in [5.74, 6) is 0. The van der Waals surface area contributed by atoms with E-state index in [0.29, 0.717) is 0 Å². The topological polar surface area (TPSA) is 42.9 Å². The molecular weight excluding hydrogens is 104 g/mol. The molecule has 1 aromatic heterocycles. The lowest BCUT2D eigenvalue weighted by atomic mass is 10.4. The Morgan fingerprint density at radius 3 is 2.88 bits per heavy atom. The van der Waals surface area contributed by atoms with E-state index in [2.05, 4.69) is 10.2 Å². The van der Waals surface area contributed by atoms with Crippen LogP contribution in [0.1, 0.15) is 5.69 Å². The van der Waals surface area contributed by atoms with Gasteiger partial charge in [0.2, 0.25) is 0 Å². The minimum absolute atomic E-state index is 0.243. The number of hydrogen-bond acceptors (Lipinski definition) is 3. The molecule has 0 aliphatic carbocycles. The molecule has 3 heteroatoms. The van der Waals surface area contributed by atoms with Crippen LogP contribution in [0, 0.1) is 0 Å². The standard InChI is InChI=1S/C5H3N2O/c8-4-5-2-1-3-6-7-5/h1-3H. The van der Waals surface area contributed by atoms with Gasteiger partial charge in [-0.3, -0.25) is 4.79 Å². The van der Waals surface area contributed by atoms with E-state index in [-0.39, 0.29) is 5.69 Å². The molecule has 3 nitrogen and oxygen atoms in total. The number of carbonyl (C=O) groups excluding carboxylic acids is 1. The second-order valence-corrected chi connectivity index (χ2v) is 1.21. The van der Waals surface area contributed by atoms with Crippen molar-refractivity contribution in [1.29, 1.82) is 0 Å². The molecule has 1 rings (SSSR count). The van der Waals surface area contributed by atoms with E-state index in [9.17, 15) is 4.79 Å². The van der Waals surface area contributed by atoms with Gasteiger partial charge in [-0.15, -0.1) is 5.10 Å². The van der Waals surface area contributed by atoms with Gasteiger partial charge in [-0.25, -0.2) is 0 Å². The normalized spacial score (nSPS) is 8.50. The monoisotopic (exact) mass is 107 g/mol. The number of rotatable bonds is 1. The number of aromatic nitrogens is 2. The third-order valence-corrected chi connectivity index (χ3v) is 0.677. The fourth-order valence-corrected chi connectivity index (χ4v) is 0.356. The van der Waals surface area contributed by atoms with Gasteiger partial charge in [-0.1, -0.05) is 0 Å². The number of nitrogens with zero attached hydrogens (tertiary/aromatic N) is 2. The lowest BCUT2D eigenvalue weighted by molar-refractivity contribution is 0.561. The van der Waals surface area contributed by atoms with Crippen LogP contribution in [0.5, 0.6) is 0 Å². The summed E-state index contributed by atoms with van der Waals surface area (Å²) in [6.45, 7) is 0. The van der Waals surface area contributed by atoms with Crippen molar-refractivity contribution < 1.29 is 4.79 Å². The summed E-state index contributed by atoms with van der Waals surface area (Å²) in [5.41, 5.74) is 0.243. The summed E-state index contributed by atoms with van der Waals surface area (Å²) in [4.78, 5) is 9.78. The van der Waals surface area contributed by atoms with Crippen molar-refractivity contribution in [1.82, 2.24) is 10.2 Å². The predicted molar refractivity (Wildman–Crippen MR) is 26.8 cm³/mol. The van der Waals surface area contributed by atoms with Crippen LogP contribution in [0.15, 0.2) is 18.3 Å². The summed E-state index contributed by atoms with van der Waals surface area (Å²) in [5, 5.41) is 6.87. The Labute approximate surface area is 46.4 Å². The first-order chi connectivity index (χ1) is 3.93. The number of hydrogen-bond donors (Lipinski definition) is 0. The van der Waals surface area contributed by atoms with Gasteiger partial charge in [-0.2, -0.15) is 5.10 Å². The highest BCUT2D eigenvalue weighted by Gasteiger charge is 1.85. The maximum absolute atomic E-state index is 9.78. The molecule has 0 aliphatic heterocycles. The van der Waals surface area contributed by atoms with Gasteiger partial charge in [0.1, 0.15) is 5.69 Å². The van der Waals surface area contributed by atoms with Crippen molar-refractivity contribution in [3.8, 4) is 0 Å². The lowest BCUT2D eigenvalue weighted by Crippen LogP contribution is -1.86. The summed E-state index contributed by atoms with van der Waals surface area (Å²) >= 11 is 0. The van der Waals surface area contributed by atoms with Gasteiger partial charge < -0.3 is 0 Å². The van der Waals surface area contributed by atoms with Crippen LogP contribution < -0.4 is 0 Å². The first-order valence-corrected chi connectivity index (χ1v) is 2.09. The van der Waals surface area contributed by atoms with E-state index in [4.69, 9.17) is 0 Å². The molecule has 0 N–H and O–H groups in total. The highest BCUT2D eigenvalue weighted by Crippen LogP contribution is 1.81. The average Bonchev–Trinajstić information content (AvgIpc) is 1.90. The highest BCUT2D eigenvalue weighted by atomic mass is 16.1. The minimum Gasteiger partial charge on any atom is -0.283 e. The average molecular weight is 107 g/mol. The van der Waals surface area contributed by atoms with E-state index in [0.717, 1.165) is 0 Å². The fraction of sp³-hybridized carbons (Fsp3) is 0. The molecule has 0 saturated carbocycles. The third-order valence-electron chi connectivity index (χ3n) is 0.677. The molecule has 0 spiro atoms. The van der Waals surface area contributed by atoms with E-state index >= 15 is 0 Å². The van der Waals surface area contributed by atoms with Crippen molar-refractivity contribution >= 4 is 6.29 Å². The molecule has 0 aliphatic rings. The first kappa shape index (κ1) is 4.90. The molecule has 0 amide bonds. The van der Waals surface area contributed by atoms with Crippen LogP contribution in [0.2, 0.25) is 0 Å². The molecule has 0 saturated heterocycles. The van der Waals surface area contributed by atoms with Gasteiger partial charge in [0.05, 0.1) is 0 Å². The van der Waals surface area contributed by atoms with Crippen LogP contribution in [0.3, 0.4) is 0 Å². The lowest BCUT2D eigenvalue weighted by Gasteiger charge is -1.78. The van der Waals surface area contributed by atoms with Gasteiger partial charge in [-0.05, 0) is 12.1 Å². The van der Waals surface area contributed by atoms with Crippen molar-refractivity contribution in [3.63, 3.8) is 0 Å². The second kappa shape index (κ2) is 2.16. The van der Waals surface area contributed by atoms with Gasteiger partial charge in [0, 0.05) is 6.20 Å². The second-order valence-electron chi connectivity index (χ2n) is 1.21. The van der Waals surface area contributed by atoms with Crippen molar-refractivity contribution in [2.45, 2.75) is 0 Å². The van der Waals surface area contributed by atoms with E-state index in [1.165, 1.54) is 6.20 Å². The Balaban J connectivity index is 2.99. The molecular formula is C5H3N2O. The zero-order valence-electron chi connectivity index (χ0n) is 4.03. The molecule has 1 radical (unpaired) electrons.